The monoisotopic (exact) mass is 1040 g/mol. The number of carbonyl (C=O) groups excluding carboxylic acids is 3. The first-order valence-electron chi connectivity index (χ1n) is 31.4. The molecule has 0 amide bonds. The molecule has 0 aromatic heterocycles. The smallest absolute Gasteiger partial charge is 0.306 e. The standard InChI is InChI=1S/C69H116O6/c1-4-7-10-13-16-19-21-23-25-26-27-28-29-30-31-32-33-34-35-36-37-38-39-40-41-42-44-45-47-50-53-56-59-62-68(71)74-65-66(64-73-67(70)61-58-55-52-49-18-15-12-9-6-3)75-69(72)63-60-57-54-51-48-46-43-24-22-20-17-14-11-8-5-2/h7,10,16,19,23-25,27-28,30-31,33-34,36-37,39-40,43,66H,4-6,8-9,11-15,17-18,20-22,26,29,32,35,38,41-42,44-65H2,1-3H3/b10-7-,19-16-,25-23-,28-27-,31-30-,34-33-,37-36-,40-39-,43-24-. The second-order valence-electron chi connectivity index (χ2n) is 20.6. The van der Waals surface area contributed by atoms with Crippen LogP contribution >= 0.6 is 0 Å². The second-order valence-corrected chi connectivity index (χ2v) is 20.6. The molecule has 0 radical (unpaired) electrons. The summed E-state index contributed by atoms with van der Waals surface area (Å²) in [5, 5.41) is 0. The van der Waals surface area contributed by atoms with Gasteiger partial charge in [0.15, 0.2) is 6.10 Å². The maximum Gasteiger partial charge on any atom is 0.306 e. The molecule has 0 aliphatic carbocycles. The average Bonchev–Trinajstić information content (AvgIpc) is 3.41. The van der Waals surface area contributed by atoms with Crippen molar-refractivity contribution in [3.8, 4) is 0 Å². The van der Waals surface area contributed by atoms with Crippen molar-refractivity contribution in [1.29, 1.82) is 0 Å². The molecule has 0 heterocycles. The van der Waals surface area contributed by atoms with Gasteiger partial charge in [-0.2, -0.15) is 0 Å². The Morgan fingerprint density at radius 2 is 0.520 bits per heavy atom. The van der Waals surface area contributed by atoms with Crippen LogP contribution in [0.1, 0.15) is 290 Å². The summed E-state index contributed by atoms with van der Waals surface area (Å²) in [6.45, 7) is 6.50. The molecule has 1 unspecified atom stereocenters. The van der Waals surface area contributed by atoms with Gasteiger partial charge in [0.1, 0.15) is 13.2 Å². The van der Waals surface area contributed by atoms with E-state index >= 15 is 0 Å². The quantitative estimate of drug-likeness (QED) is 0.0261. The highest BCUT2D eigenvalue weighted by molar-refractivity contribution is 5.71. The van der Waals surface area contributed by atoms with Crippen molar-refractivity contribution in [2.75, 3.05) is 13.2 Å². The third-order valence-electron chi connectivity index (χ3n) is 13.3. The molecule has 75 heavy (non-hydrogen) atoms. The molecule has 0 aliphatic heterocycles. The van der Waals surface area contributed by atoms with Gasteiger partial charge in [-0.3, -0.25) is 14.4 Å². The number of esters is 3. The van der Waals surface area contributed by atoms with Gasteiger partial charge in [-0.25, -0.2) is 0 Å². The molecule has 0 aliphatic rings. The van der Waals surface area contributed by atoms with Gasteiger partial charge in [0.2, 0.25) is 0 Å². The molecule has 6 heteroatoms. The lowest BCUT2D eigenvalue weighted by molar-refractivity contribution is -0.167. The van der Waals surface area contributed by atoms with Crippen molar-refractivity contribution in [3.63, 3.8) is 0 Å². The zero-order chi connectivity index (χ0) is 54.3. The summed E-state index contributed by atoms with van der Waals surface area (Å²) < 4.78 is 16.8. The summed E-state index contributed by atoms with van der Waals surface area (Å²) >= 11 is 0. The van der Waals surface area contributed by atoms with Crippen molar-refractivity contribution in [1.82, 2.24) is 0 Å². The van der Waals surface area contributed by atoms with Gasteiger partial charge >= 0.3 is 17.9 Å². The molecule has 0 saturated carbocycles. The molecule has 0 bridgehead atoms. The molecule has 6 nitrogen and oxygen atoms in total. The van der Waals surface area contributed by atoms with Gasteiger partial charge in [0.05, 0.1) is 0 Å². The van der Waals surface area contributed by atoms with Crippen LogP contribution in [0.3, 0.4) is 0 Å². The number of hydrogen-bond acceptors (Lipinski definition) is 6. The Morgan fingerprint density at radius 3 is 0.827 bits per heavy atom. The van der Waals surface area contributed by atoms with E-state index < -0.39 is 6.10 Å². The van der Waals surface area contributed by atoms with E-state index in [-0.39, 0.29) is 31.1 Å². The predicted octanol–water partition coefficient (Wildman–Crippen LogP) is 21.4. The Kier molecular flexibility index (Phi) is 59.3. The highest BCUT2D eigenvalue weighted by Crippen LogP contribution is 2.15. The zero-order valence-electron chi connectivity index (χ0n) is 49.0. The van der Waals surface area contributed by atoms with Crippen LogP contribution < -0.4 is 0 Å². The minimum atomic E-state index is -0.784. The minimum absolute atomic E-state index is 0.0817. The molecule has 0 aromatic rings. The molecule has 1 atom stereocenters. The molecule has 428 valence electrons. The van der Waals surface area contributed by atoms with E-state index in [9.17, 15) is 14.4 Å². The van der Waals surface area contributed by atoms with Crippen molar-refractivity contribution < 1.29 is 28.6 Å². The summed E-state index contributed by atoms with van der Waals surface area (Å²) in [5.41, 5.74) is 0. The third kappa shape index (κ3) is 60.8. The molecule has 0 aromatic carbocycles. The number of unbranched alkanes of at least 4 members (excludes halogenated alkanes) is 27. The number of allylic oxidation sites excluding steroid dienone is 18. The maximum atomic E-state index is 12.8. The van der Waals surface area contributed by atoms with Crippen LogP contribution in [0.25, 0.3) is 0 Å². The van der Waals surface area contributed by atoms with E-state index in [4.69, 9.17) is 14.2 Å². The van der Waals surface area contributed by atoms with Crippen molar-refractivity contribution >= 4 is 17.9 Å². The molecule has 0 rings (SSSR count). The Labute approximate surface area is 463 Å². The van der Waals surface area contributed by atoms with Crippen LogP contribution in [0.2, 0.25) is 0 Å². The van der Waals surface area contributed by atoms with E-state index in [1.165, 1.54) is 122 Å². The summed E-state index contributed by atoms with van der Waals surface area (Å²) in [6.07, 6.45) is 85.3. The van der Waals surface area contributed by atoms with Crippen molar-refractivity contribution in [2.24, 2.45) is 0 Å². The fourth-order valence-corrected chi connectivity index (χ4v) is 8.57. The van der Waals surface area contributed by atoms with E-state index in [2.05, 4.69) is 130 Å². The largest absolute Gasteiger partial charge is 0.462 e. The van der Waals surface area contributed by atoms with Crippen molar-refractivity contribution in [3.05, 3.63) is 109 Å². The van der Waals surface area contributed by atoms with Gasteiger partial charge in [0.25, 0.3) is 0 Å². The Morgan fingerprint density at radius 1 is 0.280 bits per heavy atom. The number of rotatable bonds is 56. The van der Waals surface area contributed by atoms with Gasteiger partial charge in [0, 0.05) is 19.3 Å². The summed E-state index contributed by atoms with van der Waals surface area (Å²) in [7, 11) is 0. The topological polar surface area (TPSA) is 78.9 Å². The number of hydrogen-bond donors (Lipinski definition) is 0. The fourth-order valence-electron chi connectivity index (χ4n) is 8.57. The fraction of sp³-hybridized carbons (Fsp3) is 0.696. The first kappa shape index (κ1) is 71.1. The molecule has 0 spiro atoms. The lowest BCUT2D eigenvalue weighted by Crippen LogP contribution is -2.30. The lowest BCUT2D eigenvalue weighted by Gasteiger charge is -2.18. The zero-order valence-corrected chi connectivity index (χ0v) is 49.0. The average molecular weight is 1040 g/mol. The highest BCUT2D eigenvalue weighted by atomic mass is 16.6. The number of carbonyl (C=O) groups is 3. The Bertz CT molecular complexity index is 1520. The molecule has 0 fully saturated rings. The highest BCUT2D eigenvalue weighted by Gasteiger charge is 2.19. The van der Waals surface area contributed by atoms with E-state index in [1.807, 2.05) is 0 Å². The van der Waals surface area contributed by atoms with Crippen LogP contribution in [0.4, 0.5) is 0 Å². The van der Waals surface area contributed by atoms with Crippen LogP contribution in [0.5, 0.6) is 0 Å². The lowest BCUT2D eigenvalue weighted by atomic mass is 10.1. The van der Waals surface area contributed by atoms with E-state index in [0.29, 0.717) is 19.3 Å². The van der Waals surface area contributed by atoms with Crippen LogP contribution in [-0.2, 0) is 28.6 Å². The third-order valence-corrected chi connectivity index (χ3v) is 13.3. The van der Waals surface area contributed by atoms with Crippen molar-refractivity contribution in [2.45, 2.75) is 297 Å². The molecular weight excluding hydrogens is 925 g/mol. The Hall–Kier alpha value is -3.93. The van der Waals surface area contributed by atoms with E-state index in [0.717, 1.165) is 128 Å². The summed E-state index contributed by atoms with van der Waals surface area (Å²) in [5.74, 6) is -0.897. The number of ether oxygens (including phenoxy) is 3. The normalized spacial score (nSPS) is 12.8. The second kappa shape index (κ2) is 62.6. The minimum Gasteiger partial charge on any atom is -0.462 e. The van der Waals surface area contributed by atoms with E-state index in [1.54, 1.807) is 0 Å². The first-order valence-corrected chi connectivity index (χ1v) is 31.4. The predicted molar refractivity (Wildman–Crippen MR) is 325 cm³/mol. The van der Waals surface area contributed by atoms with Gasteiger partial charge in [-0.05, 0) is 109 Å². The maximum absolute atomic E-state index is 12.8. The first-order chi connectivity index (χ1) is 37.0. The summed E-state index contributed by atoms with van der Waals surface area (Å²) in [4.78, 5) is 38.1. The molecular formula is C69H116O6. The summed E-state index contributed by atoms with van der Waals surface area (Å²) in [6, 6.07) is 0. The van der Waals surface area contributed by atoms with Crippen LogP contribution in [0, 0.1) is 0 Å². The Balaban J connectivity index is 4.19. The van der Waals surface area contributed by atoms with Crippen LogP contribution in [-0.4, -0.2) is 37.2 Å². The van der Waals surface area contributed by atoms with Gasteiger partial charge in [-0.1, -0.05) is 271 Å². The molecule has 0 N–H and O–H groups in total. The van der Waals surface area contributed by atoms with Crippen LogP contribution in [0.15, 0.2) is 109 Å². The van der Waals surface area contributed by atoms with Gasteiger partial charge in [-0.15, -0.1) is 0 Å². The SMILES string of the molecule is CC/C=C\C/C=C\C/C=C\C/C=C\C/C=C\C/C=C\C/C=C\C/C=C\CCCCCCCCCCC(=O)OCC(COC(=O)CCCCCCCCCCC)OC(=O)CCCCCCC/C=C\CCCCCCCC. The molecule has 0 saturated heterocycles. The van der Waals surface area contributed by atoms with Gasteiger partial charge < -0.3 is 14.2 Å².